The number of halogens is 8. The molecule has 11 nitrogen and oxygen atoms in total. The van der Waals surface area contributed by atoms with Crippen molar-refractivity contribution in [3.05, 3.63) is 63.7 Å². The van der Waals surface area contributed by atoms with Gasteiger partial charge in [0.2, 0.25) is 5.88 Å². The lowest BCUT2D eigenvalue weighted by Gasteiger charge is -2.47. The van der Waals surface area contributed by atoms with Gasteiger partial charge in [0.1, 0.15) is 23.3 Å². The molecule has 2 unspecified atom stereocenters. The van der Waals surface area contributed by atoms with Crippen molar-refractivity contribution in [2.45, 2.75) is 86.5 Å². The van der Waals surface area contributed by atoms with Crippen LogP contribution in [0.15, 0.2) is 42.7 Å². The molecule has 0 radical (unpaired) electrons. The first kappa shape index (κ1) is 39.8. The monoisotopic (exact) mass is 774 g/mol. The number of rotatable bonds is 13. The van der Waals surface area contributed by atoms with Gasteiger partial charge in [-0.15, -0.1) is 11.3 Å². The van der Waals surface area contributed by atoms with Crippen LogP contribution in [-0.4, -0.2) is 118 Å². The lowest BCUT2D eigenvalue weighted by molar-refractivity contribution is -0.909. The number of aliphatic hydroxyl groups is 4. The van der Waals surface area contributed by atoms with E-state index in [2.05, 4.69) is 14.7 Å². The number of aliphatic hydroxyl groups excluding tert-OH is 3. The second-order valence-electron chi connectivity index (χ2n) is 13.4. The summed E-state index contributed by atoms with van der Waals surface area (Å²) in [7, 11) is 5.16. The molecule has 2 aliphatic rings. The van der Waals surface area contributed by atoms with Crippen LogP contribution in [0.5, 0.6) is 17.4 Å². The van der Waals surface area contributed by atoms with Crippen LogP contribution in [0.3, 0.4) is 0 Å². The molecule has 5 rings (SSSR count). The summed E-state index contributed by atoms with van der Waals surface area (Å²) in [6, 6.07) is 5.78. The maximum Gasteiger partial charge on any atom is 0.433 e. The van der Waals surface area contributed by atoms with E-state index in [0.29, 0.717) is 18.4 Å². The highest BCUT2D eigenvalue weighted by Gasteiger charge is 2.73. The Morgan fingerprint density at radius 1 is 0.923 bits per heavy atom. The van der Waals surface area contributed by atoms with Crippen LogP contribution in [0.25, 0.3) is 0 Å². The number of nitrogens with zero attached hydrogens (tertiary/aromatic N) is 3. The minimum absolute atomic E-state index is 0.0268. The van der Waals surface area contributed by atoms with E-state index in [1.165, 1.54) is 30.5 Å². The molecule has 0 amide bonds. The number of hydrogen-bond donors (Lipinski definition) is 4. The van der Waals surface area contributed by atoms with E-state index in [0.717, 1.165) is 12.3 Å². The summed E-state index contributed by atoms with van der Waals surface area (Å²) in [5.74, 6) is -1.55. The highest BCUT2D eigenvalue weighted by atomic mass is 32.1. The smallest absolute Gasteiger partial charge is 0.433 e. The van der Waals surface area contributed by atoms with Crippen molar-refractivity contribution < 1.29 is 79.0 Å². The van der Waals surface area contributed by atoms with Crippen molar-refractivity contribution in [1.29, 1.82) is 0 Å². The normalized spacial score (nSPS) is 23.8. The third-order valence-corrected chi connectivity index (χ3v) is 9.84. The average molecular weight is 775 g/mol. The Morgan fingerprint density at radius 2 is 1.60 bits per heavy atom. The molecule has 6 atom stereocenters. The largest absolute Gasteiger partial charge is 0.487 e. The van der Waals surface area contributed by atoms with Gasteiger partial charge in [-0.25, -0.2) is 9.97 Å². The molecule has 0 bridgehead atoms. The zero-order chi connectivity index (χ0) is 38.4. The minimum atomic E-state index is -6.17. The molecule has 3 heterocycles. The maximum absolute atomic E-state index is 13.7. The second kappa shape index (κ2) is 14.8. The van der Waals surface area contributed by atoms with Gasteiger partial charge in [-0.05, 0) is 42.5 Å². The summed E-state index contributed by atoms with van der Waals surface area (Å²) in [6.45, 7) is -3.85. The van der Waals surface area contributed by atoms with Gasteiger partial charge in [0.25, 0.3) is 6.29 Å². The van der Waals surface area contributed by atoms with Gasteiger partial charge >= 0.3 is 24.6 Å². The van der Waals surface area contributed by atoms with Gasteiger partial charge < -0.3 is 43.9 Å². The molecule has 1 aliphatic carbocycles. The molecule has 1 aliphatic heterocycles. The summed E-state index contributed by atoms with van der Waals surface area (Å²) in [4.78, 5) is 7.45. The standard InChI is InChI=1S/C32H36F8N3O8S/c1-43(2,3)24-26(46)25(45)21(14-44)49-27(24)51-23-9-4-15(12-41-23)10-18(16-5-8-19(50-29(33)34)20(11-16)48-17-6-7-17)22-13-42-28(52-22)30(47,31(35,36)37)32(38,39)40/h4-5,8-9,11-13,17-18,21,24-27,29,44-47H,6-7,10,14H2,1-3H3/q+1/t18-,21?,24?,25+,26-,27-/m0/s1. The molecule has 1 saturated heterocycles. The van der Waals surface area contributed by atoms with Crippen LogP contribution in [0.1, 0.15) is 39.8 Å². The highest BCUT2D eigenvalue weighted by Crippen LogP contribution is 2.52. The van der Waals surface area contributed by atoms with E-state index in [-0.39, 0.29) is 56.2 Å². The minimum Gasteiger partial charge on any atom is -0.487 e. The predicted octanol–water partition coefficient (Wildman–Crippen LogP) is 4.26. The van der Waals surface area contributed by atoms with Crippen LogP contribution in [0, 0.1) is 0 Å². The van der Waals surface area contributed by atoms with E-state index >= 15 is 0 Å². The molecular weight excluding hydrogens is 738 g/mol. The fourth-order valence-corrected chi connectivity index (χ4v) is 6.91. The number of ether oxygens (including phenoxy) is 4. The maximum atomic E-state index is 13.7. The number of benzene rings is 1. The van der Waals surface area contributed by atoms with Gasteiger partial charge in [-0.1, -0.05) is 12.1 Å². The summed E-state index contributed by atoms with van der Waals surface area (Å²) in [5.41, 5.74) is -4.67. The predicted molar refractivity (Wildman–Crippen MR) is 165 cm³/mol. The van der Waals surface area contributed by atoms with Gasteiger partial charge in [0.15, 0.2) is 17.5 Å². The summed E-state index contributed by atoms with van der Waals surface area (Å²) < 4.78 is 131. The number of likely N-dealkylation sites (N-methyl/N-ethyl adjacent to an activating group) is 1. The van der Waals surface area contributed by atoms with Crippen LogP contribution >= 0.6 is 11.3 Å². The number of thiazole rings is 1. The van der Waals surface area contributed by atoms with Crippen LogP contribution in [0.4, 0.5) is 35.1 Å². The summed E-state index contributed by atoms with van der Waals surface area (Å²) in [5, 5.41) is 39.2. The Bertz CT molecular complexity index is 1650. The van der Waals surface area contributed by atoms with Crippen molar-refractivity contribution in [3.63, 3.8) is 0 Å². The van der Waals surface area contributed by atoms with E-state index < -0.39 is 72.7 Å². The fourth-order valence-electron chi connectivity index (χ4n) is 5.74. The van der Waals surface area contributed by atoms with Gasteiger partial charge in [0, 0.05) is 29.3 Å². The molecule has 52 heavy (non-hydrogen) atoms. The third kappa shape index (κ3) is 8.37. The molecule has 20 heteroatoms. The Kier molecular flexibility index (Phi) is 11.3. The third-order valence-electron chi connectivity index (χ3n) is 8.62. The molecular formula is C32H36F8N3O8S+. The molecule has 2 fully saturated rings. The number of aromatic nitrogens is 2. The molecule has 1 aromatic carbocycles. The lowest BCUT2D eigenvalue weighted by atomic mass is 9.91. The number of quaternary nitrogens is 1. The number of alkyl halides is 8. The van der Waals surface area contributed by atoms with Crippen molar-refractivity contribution in [1.82, 2.24) is 9.97 Å². The van der Waals surface area contributed by atoms with E-state index in [1.54, 1.807) is 21.1 Å². The first-order valence-corrected chi connectivity index (χ1v) is 16.6. The topological polar surface area (TPSA) is 144 Å². The Morgan fingerprint density at radius 3 is 2.13 bits per heavy atom. The van der Waals surface area contributed by atoms with Gasteiger partial charge in [-0.2, -0.15) is 35.1 Å². The Hall–Kier alpha value is -3.40. The number of pyridine rings is 1. The van der Waals surface area contributed by atoms with E-state index in [4.69, 9.17) is 14.2 Å². The van der Waals surface area contributed by atoms with E-state index in [9.17, 15) is 55.5 Å². The SMILES string of the molecule is C[N+](C)(C)C1[C@H](Oc2ccc(C[C@@H](c3ccc(OC(F)F)c(OC4CC4)c3)c3cnc(C(O)(C(F)(F)F)C(F)(F)F)s3)cn2)OC(CO)[C@@H](O)[C@H]1O. The highest BCUT2D eigenvalue weighted by molar-refractivity contribution is 7.11. The average Bonchev–Trinajstić information content (AvgIpc) is 3.72. The van der Waals surface area contributed by atoms with Crippen molar-refractivity contribution in [2.75, 3.05) is 27.7 Å². The van der Waals surface area contributed by atoms with Crippen LogP contribution in [0.2, 0.25) is 0 Å². The quantitative estimate of drug-likeness (QED) is 0.147. The summed E-state index contributed by atoms with van der Waals surface area (Å²) >= 11 is -0.0268. The number of hydrogen-bond acceptors (Lipinski definition) is 11. The first-order valence-electron chi connectivity index (χ1n) is 15.8. The zero-order valence-electron chi connectivity index (χ0n) is 27.7. The molecule has 2 aromatic heterocycles. The Labute approximate surface area is 295 Å². The molecule has 1 saturated carbocycles. The molecule has 3 aromatic rings. The molecule has 0 spiro atoms. The van der Waals surface area contributed by atoms with Crippen molar-refractivity contribution in [2.24, 2.45) is 0 Å². The lowest BCUT2D eigenvalue weighted by Crippen LogP contribution is -2.69. The second-order valence-corrected chi connectivity index (χ2v) is 14.4. The van der Waals surface area contributed by atoms with Crippen LogP contribution < -0.4 is 14.2 Å². The Balaban J connectivity index is 1.49. The van der Waals surface area contributed by atoms with E-state index in [1.807, 2.05) is 0 Å². The van der Waals surface area contributed by atoms with Gasteiger partial charge in [0.05, 0.1) is 33.9 Å². The van der Waals surface area contributed by atoms with Crippen molar-refractivity contribution >= 4 is 11.3 Å². The zero-order valence-corrected chi connectivity index (χ0v) is 28.5. The van der Waals surface area contributed by atoms with Crippen LogP contribution in [-0.2, 0) is 16.8 Å². The van der Waals surface area contributed by atoms with Gasteiger partial charge in [-0.3, -0.25) is 0 Å². The first-order chi connectivity index (χ1) is 24.1. The van der Waals surface area contributed by atoms with Crippen molar-refractivity contribution in [3.8, 4) is 17.4 Å². The molecule has 4 N–H and O–H groups in total. The fraction of sp³-hybridized carbons (Fsp3) is 0.562. The molecule has 288 valence electrons. The summed E-state index contributed by atoms with van der Waals surface area (Å²) in [6.07, 6.45) is -14.6.